The van der Waals surface area contributed by atoms with Crippen LogP contribution in [0.2, 0.25) is 0 Å². The van der Waals surface area contributed by atoms with Crippen LogP contribution >= 0.6 is 0 Å². The molecule has 0 saturated carbocycles. The molecule has 1 saturated heterocycles. The van der Waals surface area contributed by atoms with Gasteiger partial charge in [-0.05, 0) is 19.3 Å². The van der Waals surface area contributed by atoms with Gasteiger partial charge in [0, 0.05) is 26.2 Å². The Kier molecular flexibility index (Phi) is 6.62. The highest BCUT2D eigenvalue weighted by atomic mass is 16.4. The summed E-state index contributed by atoms with van der Waals surface area (Å²) in [5.41, 5.74) is 0. The van der Waals surface area contributed by atoms with Crippen molar-refractivity contribution in [3.8, 4) is 0 Å². The van der Waals surface area contributed by atoms with E-state index in [0.29, 0.717) is 26.1 Å². The van der Waals surface area contributed by atoms with E-state index in [-0.39, 0.29) is 19.2 Å². The highest BCUT2D eigenvalue weighted by Crippen LogP contribution is 2.18. The van der Waals surface area contributed by atoms with Gasteiger partial charge >= 0.3 is 12.0 Å². The quantitative estimate of drug-likeness (QED) is 0.755. The lowest BCUT2D eigenvalue weighted by atomic mass is 9.98. The number of carbonyl (C=O) groups excluding carboxylic acids is 1. The predicted molar refractivity (Wildman–Crippen MR) is 70.9 cm³/mol. The molecule has 0 aromatic carbocycles. The van der Waals surface area contributed by atoms with Crippen LogP contribution in [-0.2, 0) is 4.79 Å². The molecular formula is C13H24N2O4. The summed E-state index contributed by atoms with van der Waals surface area (Å²) in [5, 5.41) is 18.0. The first kappa shape index (κ1) is 15.8. The van der Waals surface area contributed by atoms with Crippen LogP contribution in [0, 0.1) is 5.92 Å². The maximum atomic E-state index is 12.3. The molecule has 2 amide bonds. The lowest BCUT2D eigenvalue weighted by Crippen LogP contribution is -2.49. The molecule has 2 N–H and O–H groups in total. The number of rotatable bonds is 6. The number of carbonyl (C=O) groups is 2. The number of aliphatic carboxylic acids is 1. The van der Waals surface area contributed by atoms with Crippen molar-refractivity contribution in [1.82, 2.24) is 9.80 Å². The lowest BCUT2D eigenvalue weighted by Gasteiger charge is -2.35. The van der Waals surface area contributed by atoms with E-state index in [2.05, 4.69) is 0 Å². The summed E-state index contributed by atoms with van der Waals surface area (Å²) in [7, 11) is 0. The molecule has 110 valence electrons. The first-order chi connectivity index (χ1) is 9.10. The molecule has 0 radical (unpaired) electrons. The van der Waals surface area contributed by atoms with E-state index in [1.807, 2.05) is 6.92 Å². The van der Waals surface area contributed by atoms with Gasteiger partial charge in [0.1, 0.15) is 0 Å². The normalized spacial score (nSPS) is 19.3. The molecule has 1 fully saturated rings. The van der Waals surface area contributed by atoms with Gasteiger partial charge in [-0.1, -0.05) is 13.3 Å². The van der Waals surface area contributed by atoms with Gasteiger partial charge in [0.2, 0.25) is 0 Å². The summed E-state index contributed by atoms with van der Waals surface area (Å²) in [6, 6.07) is -0.145. The molecule has 0 unspecified atom stereocenters. The summed E-state index contributed by atoms with van der Waals surface area (Å²) in [6.45, 7) is 3.80. The smallest absolute Gasteiger partial charge is 0.320 e. The summed E-state index contributed by atoms with van der Waals surface area (Å²) in [4.78, 5) is 26.5. The fourth-order valence-corrected chi connectivity index (χ4v) is 2.33. The zero-order valence-corrected chi connectivity index (χ0v) is 11.5. The standard InChI is InChI=1S/C13H24N2O4/c1-2-3-6-14(8-9-16)13(19)15-7-4-5-11(10-15)12(17)18/h11,16H,2-10H2,1H3,(H,17,18)/t11-/m0/s1. The van der Waals surface area contributed by atoms with Gasteiger partial charge in [0.15, 0.2) is 0 Å². The molecule has 1 heterocycles. The number of amides is 2. The van der Waals surface area contributed by atoms with Crippen molar-refractivity contribution in [3.05, 3.63) is 0 Å². The minimum absolute atomic E-state index is 0.0638. The second kappa shape index (κ2) is 7.99. The molecule has 0 spiro atoms. The Morgan fingerprint density at radius 1 is 1.37 bits per heavy atom. The van der Waals surface area contributed by atoms with Crippen molar-refractivity contribution >= 4 is 12.0 Å². The Bertz CT molecular complexity index is 309. The number of likely N-dealkylation sites (tertiary alicyclic amines) is 1. The van der Waals surface area contributed by atoms with Crippen molar-refractivity contribution in [2.24, 2.45) is 5.92 Å². The molecule has 0 bridgehead atoms. The molecule has 0 aromatic rings. The molecule has 1 aliphatic heterocycles. The van der Waals surface area contributed by atoms with Crippen LogP contribution in [0.15, 0.2) is 0 Å². The maximum Gasteiger partial charge on any atom is 0.320 e. The van der Waals surface area contributed by atoms with E-state index in [1.165, 1.54) is 0 Å². The molecule has 0 aliphatic carbocycles. The summed E-state index contributed by atoms with van der Waals surface area (Å²) in [6.07, 6.45) is 3.23. The molecule has 1 rings (SSSR count). The van der Waals surface area contributed by atoms with Crippen LogP contribution in [0.4, 0.5) is 4.79 Å². The number of carboxylic acids is 1. The SMILES string of the molecule is CCCCN(CCO)C(=O)N1CCC[C@H](C(=O)O)C1. The van der Waals surface area contributed by atoms with Crippen LogP contribution < -0.4 is 0 Å². The zero-order valence-electron chi connectivity index (χ0n) is 11.5. The lowest BCUT2D eigenvalue weighted by molar-refractivity contribution is -0.143. The van der Waals surface area contributed by atoms with Crippen LogP contribution in [0.25, 0.3) is 0 Å². The molecule has 6 heteroatoms. The summed E-state index contributed by atoms with van der Waals surface area (Å²) in [5.74, 6) is -1.29. The van der Waals surface area contributed by atoms with E-state index in [0.717, 1.165) is 19.3 Å². The minimum atomic E-state index is -0.834. The van der Waals surface area contributed by atoms with E-state index in [9.17, 15) is 9.59 Å². The van der Waals surface area contributed by atoms with E-state index in [1.54, 1.807) is 9.80 Å². The average Bonchev–Trinajstić information content (AvgIpc) is 2.42. The van der Waals surface area contributed by atoms with Gasteiger partial charge in [-0.25, -0.2) is 4.79 Å². The monoisotopic (exact) mass is 272 g/mol. The first-order valence-corrected chi connectivity index (χ1v) is 6.97. The molecular weight excluding hydrogens is 248 g/mol. The second-order valence-corrected chi connectivity index (χ2v) is 4.97. The van der Waals surface area contributed by atoms with E-state index >= 15 is 0 Å². The van der Waals surface area contributed by atoms with Gasteiger partial charge in [0.05, 0.1) is 12.5 Å². The molecule has 1 atom stereocenters. The molecule has 1 aliphatic rings. The summed E-state index contributed by atoms with van der Waals surface area (Å²) < 4.78 is 0. The average molecular weight is 272 g/mol. The van der Waals surface area contributed by atoms with Crippen LogP contribution in [-0.4, -0.2) is 64.8 Å². The first-order valence-electron chi connectivity index (χ1n) is 6.97. The Labute approximate surface area is 114 Å². The predicted octanol–water partition coefficient (Wildman–Crippen LogP) is 0.997. The van der Waals surface area contributed by atoms with Gasteiger partial charge in [-0.2, -0.15) is 0 Å². The Morgan fingerprint density at radius 2 is 2.11 bits per heavy atom. The van der Waals surface area contributed by atoms with Gasteiger partial charge < -0.3 is 20.0 Å². The largest absolute Gasteiger partial charge is 0.481 e. The van der Waals surface area contributed by atoms with Crippen LogP contribution in [0.5, 0.6) is 0 Å². The minimum Gasteiger partial charge on any atom is -0.481 e. The highest BCUT2D eigenvalue weighted by Gasteiger charge is 2.30. The van der Waals surface area contributed by atoms with Crippen molar-refractivity contribution in [2.75, 3.05) is 32.8 Å². The van der Waals surface area contributed by atoms with Crippen molar-refractivity contribution in [1.29, 1.82) is 0 Å². The number of carboxylic acid groups (broad SMARTS) is 1. The fraction of sp³-hybridized carbons (Fsp3) is 0.846. The second-order valence-electron chi connectivity index (χ2n) is 4.97. The van der Waals surface area contributed by atoms with Crippen molar-refractivity contribution in [2.45, 2.75) is 32.6 Å². The topological polar surface area (TPSA) is 81.1 Å². The zero-order chi connectivity index (χ0) is 14.3. The van der Waals surface area contributed by atoms with Crippen molar-refractivity contribution < 1.29 is 19.8 Å². The Hall–Kier alpha value is -1.30. The third-order valence-electron chi connectivity index (χ3n) is 3.46. The fourth-order valence-electron chi connectivity index (χ4n) is 2.33. The van der Waals surface area contributed by atoms with E-state index in [4.69, 9.17) is 10.2 Å². The van der Waals surface area contributed by atoms with Gasteiger partial charge in [-0.15, -0.1) is 0 Å². The number of piperidine rings is 1. The summed E-state index contributed by atoms with van der Waals surface area (Å²) >= 11 is 0. The molecule has 19 heavy (non-hydrogen) atoms. The number of nitrogens with zero attached hydrogens (tertiary/aromatic N) is 2. The number of aliphatic hydroxyl groups excluding tert-OH is 1. The van der Waals surface area contributed by atoms with E-state index < -0.39 is 11.9 Å². The van der Waals surface area contributed by atoms with Gasteiger partial charge in [0.25, 0.3) is 0 Å². The number of hydrogen-bond donors (Lipinski definition) is 2. The molecule has 0 aromatic heterocycles. The van der Waals surface area contributed by atoms with Crippen molar-refractivity contribution in [3.63, 3.8) is 0 Å². The van der Waals surface area contributed by atoms with Crippen LogP contribution in [0.1, 0.15) is 32.6 Å². The number of hydrogen-bond acceptors (Lipinski definition) is 3. The number of unbranched alkanes of at least 4 members (excludes halogenated alkanes) is 1. The Morgan fingerprint density at radius 3 is 2.68 bits per heavy atom. The Balaban J connectivity index is 2.59. The molecule has 6 nitrogen and oxygen atoms in total. The van der Waals surface area contributed by atoms with Crippen LogP contribution in [0.3, 0.4) is 0 Å². The maximum absolute atomic E-state index is 12.3. The number of aliphatic hydroxyl groups is 1. The van der Waals surface area contributed by atoms with Gasteiger partial charge in [-0.3, -0.25) is 4.79 Å². The third kappa shape index (κ3) is 4.70. The highest BCUT2D eigenvalue weighted by molar-refractivity contribution is 5.76. The number of urea groups is 1. The third-order valence-corrected chi connectivity index (χ3v) is 3.46.